The van der Waals surface area contributed by atoms with Crippen molar-refractivity contribution in [3.8, 4) is 5.75 Å². The van der Waals surface area contributed by atoms with Crippen LogP contribution in [0.3, 0.4) is 0 Å². The summed E-state index contributed by atoms with van der Waals surface area (Å²) in [6, 6.07) is 4.75. The van der Waals surface area contributed by atoms with Crippen molar-refractivity contribution in [3.63, 3.8) is 0 Å². The van der Waals surface area contributed by atoms with E-state index in [9.17, 15) is 22.4 Å². The van der Waals surface area contributed by atoms with Gasteiger partial charge in [0.25, 0.3) is 0 Å². The molecule has 0 heterocycles. The van der Waals surface area contributed by atoms with Gasteiger partial charge < -0.3 is 10.1 Å². The molecule has 0 radical (unpaired) electrons. The van der Waals surface area contributed by atoms with Crippen molar-refractivity contribution in [2.45, 2.75) is 12.5 Å². The van der Waals surface area contributed by atoms with Crippen molar-refractivity contribution in [1.82, 2.24) is 0 Å². The molecule has 0 unspecified atom stereocenters. The summed E-state index contributed by atoms with van der Waals surface area (Å²) in [5.41, 5.74) is 0.164. The van der Waals surface area contributed by atoms with E-state index in [2.05, 4.69) is 10.1 Å². The molecule has 1 rings (SSSR count). The molecule has 0 saturated carbocycles. The number of anilines is 1. The molecule has 0 aliphatic carbocycles. The highest BCUT2D eigenvalue weighted by Gasteiger charge is 2.43. The molecule has 1 N–H and O–H groups in total. The lowest BCUT2D eigenvalue weighted by Crippen LogP contribution is -2.33. The van der Waals surface area contributed by atoms with E-state index in [0.29, 0.717) is 6.41 Å². The van der Waals surface area contributed by atoms with E-state index in [1.54, 1.807) is 0 Å². The van der Waals surface area contributed by atoms with E-state index in [-0.39, 0.29) is 5.69 Å². The Kier molecular flexibility index (Phi) is 3.70. The molecule has 0 atom stereocenters. The number of benzene rings is 1. The maximum Gasteiger partial charge on any atom is 0.461 e. The average Bonchev–Trinajstić information content (AvgIpc) is 2.17. The molecular formula is C9H7F4NO2. The normalized spacial score (nSPS) is 11.3. The Labute approximate surface area is 88.0 Å². The molecule has 0 aliphatic rings. The maximum absolute atomic E-state index is 12.5. The Balaban J connectivity index is 2.81. The van der Waals surface area contributed by atoms with E-state index < -0.39 is 18.3 Å². The van der Waals surface area contributed by atoms with E-state index >= 15 is 0 Å². The summed E-state index contributed by atoms with van der Waals surface area (Å²) < 4.78 is 52.4. The Morgan fingerprint density at radius 1 is 1.38 bits per heavy atom. The number of halogens is 4. The number of carbonyl (C=O) groups excluding carboxylic acids is 1. The second-order valence-corrected chi connectivity index (χ2v) is 2.75. The summed E-state index contributed by atoms with van der Waals surface area (Å²) in [5, 5.41) is 2.17. The van der Waals surface area contributed by atoms with Crippen molar-refractivity contribution < 1.29 is 27.1 Å². The third-order valence-electron chi connectivity index (χ3n) is 1.57. The first-order valence-electron chi connectivity index (χ1n) is 4.11. The molecule has 16 heavy (non-hydrogen) atoms. The second kappa shape index (κ2) is 4.82. The Bertz CT molecular complexity index is 370. The monoisotopic (exact) mass is 237 g/mol. The SMILES string of the molecule is O=CNc1cccc(OC(F)(F)C(F)F)c1. The summed E-state index contributed by atoms with van der Waals surface area (Å²) in [5.74, 6) is -0.461. The van der Waals surface area contributed by atoms with Crippen molar-refractivity contribution in [2.24, 2.45) is 0 Å². The molecule has 0 bridgehead atoms. The smallest absolute Gasteiger partial charge is 0.428 e. The van der Waals surface area contributed by atoms with Gasteiger partial charge in [0.15, 0.2) is 0 Å². The van der Waals surface area contributed by atoms with Crippen LogP contribution in [0.5, 0.6) is 5.75 Å². The molecule has 1 aromatic rings. The van der Waals surface area contributed by atoms with E-state index in [1.165, 1.54) is 12.1 Å². The van der Waals surface area contributed by atoms with E-state index in [4.69, 9.17) is 0 Å². The van der Waals surface area contributed by atoms with Crippen LogP contribution in [0.25, 0.3) is 0 Å². The van der Waals surface area contributed by atoms with Gasteiger partial charge in [0, 0.05) is 11.8 Å². The molecule has 0 fully saturated rings. The fraction of sp³-hybridized carbons (Fsp3) is 0.222. The van der Waals surface area contributed by atoms with Crippen LogP contribution in [-0.2, 0) is 4.79 Å². The minimum atomic E-state index is -4.56. The second-order valence-electron chi connectivity index (χ2n) is 2.75. The lowest BCUT2D eigenvalue weighted by atomic mass is 10.3. The topological polar surface area (TPSA) is 38.3 Å². The zero-order chi connectivity index (χ0) is 12.2. The van der Waals surface area contributed by atoms with Crippen molar-refractivity contribution in [1.29, 1.82) is 0 Å². The quantitative estimate of drug-likeness (QED) is 0.631. The highest BCUT2D eigenvalue weighted by atomic mass is 19.3. The molecule has 0 aromatic heterocycles. The minimum absolute atomic E-state index is 0.164. The highest BCUT2D eigenvalue weighted by molar-refractivity contribution is 5.71. The lowest BCUT2D eigenvalue weighted by Gasteiger charge is -2.16. The third-order valence-corrected chi connectivity index (χ3v) is 1.57. The van der Waals surface area contributed by atoms with Gasteiger partial charge in [0.05, 0.1) is 0 Å². The van der Waals surface area contributed by atoms with Crippen LogP contribution in [0.15, 0.2) is 24.3 Å². The number of nitrogens with one attached hydrogen (secondary N) is 1. The molecule has 0 spiro atoms. The van der Waals surface area contributed by atoms with Crippen molar-refractivity contribution >= 4 is 12.1 Å². The van der Waals surface area contributed by atoms with Gasteiger partial charge >= 0.3 is 12.5 Å². The number of hydrogen-bond donors (Lipinski definition) is 1. The number of hydrogen-bond acceptors (Lipinski definition) is 2. The van der Waals surface area contributed by atoms with Gasteiger partial charge in [-0.05, 0) is 12.1 Å². The summed E-state index contributed by atoms with van der Waals surface area (Å²) in [7, 11) is 0. The zero-order valence-corrected chi connectivity index (χ0v) is 7.79. The van der Waals surface area contributed by atoms with Crippen LogP contribution in [-0.4, -0.2) is 18.9 Å². The first kappa shape index (κ1) is 12.3. The van der Waals surface area contributed by atoms with Crippen LogP contribution in [0.2, 0.25) is 0 Å². The summed E-state index contributed by atoms with van der Waals surface area (Å²) >= 11 is 0. The average molecular weight is 237 g/mol. The minimum Gasteiger partial charge on any atom is -0.428 e. The molecular weight excluding hydrogens is 230 g/mol. The molecule has 0 aliphatic heterocycles. The third kappa shape index (κ3) is 3.11. The van der Waals surface area contributed by atoms with Crippen LogP contribution in [0.4, 0.5) is 23.2 Å². The van der Waals surface area contributed by atoms with Gasteiger partial charge in [-0.1, -0.05) is 6.07 Å². The van der Waals surface area contributed by atoms with Crippen LogP contribution >= 0.6 is 0 Å². The van der Waals surface area contributed by atoms with E-state index in [1.807, 2.05) is 0 Å². The van der Waals surface area contributed by atoms with Gasteiger partial charge in [-0.2, -0.15) is 17.6 Å². The lowest BCUT2D eigenvalue weighted by molar-refractivity contribution is -0.253. The molecule has 7 heteroatoms. The first-order valence-corrected chi connectivity index (χ1v) is 4.11. The van der Waals surface area contributed by atoms with Gasteiger partial charge in [0.2, 0.25) is 6.41 Å². The van der Waals surface area contributed by atoms with Gasteiger partial charge in [0.1, 0.15) is 5.75 Å². The van der Waals surface area contributed by atoms with Gasteiger partial charge in [-0.15, -0.1) is 0 Å². The first-order chi connectivity index (χ1) is 7.45. The summed E-state index contributed by atoms with van der Waals surface area (Å²) in [4.78, 5) is 10.1. The predicted octanol–water partition coefficient (Wildman–Crippen LogP) is 2.49. The van der Waals surface area contributed by atoms with Crippen LogP contribution < -0.4 is 10.1 Å². The Hall–Kier alpha value is -1.79. The number of ether oxygens (including phenoxy) is 1. The predicted molar refractivity (Wildman–Crippen MR) is 47.7 cm³/mol. The standard InChI is InChI=1S/C9H7F4NO2/c10-8(11)9(12,13)16-7-3-1-2-6(4-7)14-5-15/h1-5,8H,(H,14,15). The molecule has 1 amide bonds. The number of amides is 1. The molecule has 1 aromatic carbocycles. The molecule has 3 nitrogen and oxygen atoms in total. The molecule has 0 saturated heterocycles. The van der Waals surface area contributed by atoms with Crippen LogP contribution in [0.1, 0.15) is 0 Å². The largest absolute Gasteiger partial charge is 0.461 e. The van der Waals surface area contributed by atoms with Crippen molar-refractivity contribution in [3.05, 3.63) is 24.3 Å². The summed E-state index contributed by atoms with van der Waals surface area (Å²) in [6.45, 7) is 0. The number of rotatable bonds is 5. The Morgan fingerprint density at radius 2 is 2.06 bits per heavy atom. The van der Waals surface area contributed by atoms with Crippen LogP contribution in [0, 0.1) is 0 Å². The summed E-state index contributed by atoms with van der Waals surface area (Å²) in [6.07, 6.45) is -8.15. The number of alkyl halides is 4. The van der Waals surface area contributed by atoms with Gasteiger partial charge in [-0.25, -0.2) is 0 Å². The van der Waals surface area contributed by atoms with Gasteiger partial charge in [-0.3, -0.25) is 4.79 Å². The van der Waals surface area contributed by atoms with E-state index in [0.717, 1.165) is 12.1 Å². The number of carbonyl (C=O) groups is 1. The van der Waals surface area contributed by atoms with Crippen molar-refractivity contribution in [2.75, 3.05) is 5.32 Å². The highest BCUT2D eigenvalue weighted by Crippen LogP contribution is 2.28. The molecule has 88 valence electrons. The Morgan fingerprint density at radius 3 is 2.62 bits per heavy atom. The maximum atomic E-state index is 12.5. The fourth-order valence-electron chi connectivity index (χ4n) is 0.919. The zero-order valence-electron chi connectivity index (χ0n) is 7.79. The fourth-order valence-corrected chi connectivity index (χ4v) is 0.919.